The zero-order valence-electron chi connectivity index (χ0n) is 13.1. The van der Waals surface area contributed by atoms with E-state index in [4.69, 9.17) is 9.47 Å². The molecule has 1 aliphatic rings. The van der Waals surface area contributed by atoms with Gasteiger partial charge in [0.1, 0.15) is 11.9 Å². The summed E-state index contributed by atoms with van der Waals surface area (Å²) in [6.07, 6.45) is -0.400. The molecule has 124 valence electrons. The maximum atomic E-state index is 12.0. The Hall–Kier alpha value is -1.30. The van der Waals surface area contributed by atoms with Crippen LogP contribution in [0.5, 0.6) is 5.75 Å². The number of para-hydroxylation sites is 1. The summed E-state index contributed by atoms with van der Waals surface area (Å²) < 4.78 is 11.2. The highest BCUT2D eigenvalue weighted by Crippen LogP contribution is 2.18. The van der Waals surface area contributed by atoms with E-state index in [1.807, 2.05) is 24.3 Å². The number of amides is 1. The van der Waals surface area contributed by atoms with Gasteiger partial charge >= 0.3 is 0 Å². The van der Waals surface area contributed by atoms with E-state index in [0.717, 1.165) is 17.9 Å². The van der Waals surface area contributed by atoms with E-state index in [0.29, 0.717) is 32.2 Å². The molecule has 1 aliphatic heterocycles. The first-order valence-electron chi connectivity index (χ1n) is 7.47. The maximum absolute atomic E-state index is 12.0. The number of benzene rings is 1. The second-order valence-electron chi connectivity index (χ2n) is 5.59. The summed E-state index contributed by atoms with van der Waals surface area (Å²) in [7, 11) is 0. The predicted molar refractivity (Wildman–Crippen MR) is 88.5 cm³/mol. The Labute approximate surface area is 138 Å². The SMILES string of the molecule is CC(C)COc1ccccc1CNC(=O)C1CNCCO1.Cl. The molecule has 2 N–H and O–H groups in total. The molecule has 1 atom stereocenters. The van der Waals surface area contributed by atoms with Gasteiger partial charge in [-0.05, 0) is 12.0 Å². The maximum Gasteiger partial charge on any atom is 0.250 e. The van der Waals surface area contributed by atoms with Gasteiger partial charge in [0.15, 0.2) is 0 Å². The fraction of sp³-hybridized carbons (Fsp3) is 0.562. The highest BCUT2D eigenvalue weighted by atomic mass is 35.5. The molecule has 0 bridgehead atoms. The van der Waals surface area contributed by atoms with E-state index >= 15 is 0 Å². The number of nitrogens with one attached hydrogen (secondary N) is 2. The van der Waals surface area contributed by atoms with Crippen LogP contribution in [-0.2, 0) is 16.1 Å². The molecule has 1 aromatic carbocycles. The summed E-state index contributed by atoms with van der Waals surface area (Å²) >= 11 is 0. The fourth-order valence-electron chi connectivity index (χ4n) is 2.08. The Morgan fingerprint density at radius 1 is 1.45 bits per heavy atom. The lowest BCUT2D eigenvalue weighted by Gasteiger charge is -2.23. The van der Waals surface area contributed by atoms with Crippen LogP contribution >= 0.6 is 12.4 Å². The van der Waals surface area contributed by atoms with Gasteiger partial charge in [0.25, 0.3) is 5.91 Å². The van der Waals surface area contributed by atoms with Crippen molar-refractivity contribution in [2.75, 3.05) is 26.3 Å². The van der Waals surface area contributed by atoms with Gasteiger partial charge in [0, 0.05) is 25.2 Å². The van der Waals surface area contributed by atoms with Crippen molar-refractivity contribution in [1.29, 1.82) is 0 Å². The molecule has 1 fully saturated rings. The van der Waals surface area contributed by atoms with E-state index in [1.165, 1.54) is 0 Å². The third-order valence-corrected chi connectivity index (χ3v) is 3.22. The quantitative estimate of drug-likeness (QED) is 0.835. The first kappa shape index (κ1) is 18.7. The van der Waals surface area contributed by atoms with Crippen molar-refractivity contribution < 1.29 is 14.3 Å². The number of ether oxygens (including phenoxy) is 2. The zero-order valence-corrected chi connectivity index (χ0v) is 13.9. The number of carbonyl (C=O) groups is 1. The average molecular weight is 329 g/mol. The summed E-state index contributed by atoms with van der Waals surface area (Å²) in [4.78, 5) is 12.0. The van der Waals surface area contributed by atoms with Crippen LogP contribution in [0.1, 0.15) is 19.4 Å². The Kier molecular flexibility index (Phi) is 8.24. The molecule has 1 heterocycles. The summed E-state index contributed by atoms with van der Waals surface area (Å²) in [5.41, 5.74) is 0.982. The first-order chi connectivity index (χ1) is 10.2. The van der Waals surface area contributed by atoms with Gasteiger partial charge in [0.2, 0.25) is 0 Å². The van der Waals surface area contributed by atoms with E-state index in [-0.39, 0.29) is 18.3 Å². The number of halogens is 1. The second kappa shape index (κ2) is 9.66. The van der Waals surface area contributed by atoms with Crippen molar-refractivity contribution in [1.82, 2.24) is 10.6 Å². The topological polar surface area (TPSA) is 59.6 Å². The van der Waals surface area contributed by atoms with Gasteiger partial charge in [-0.15, -0.1) is 12.4 Å². The van der Waals surface area contributed by atoms with Gasteiger partial charge in [-0.25, -0.2) is 0 Å². The molecule has 0 saturated carbocycles. The van der Waals surface area contributed by atoms with E-state index < -0.39 is 6.10 Å². The molecule has 6 heteroatoms. The molecule has 1 unspecified atom stereocenters. The highest BCUT2D eigenvalue weighted by Gasteiger charge is 2.21. The third-order valence-electron chi connectivity index (χ3n) is 3.22. The van der Waals surface area contributed by atoms with Crippen molar-refractivity contribution in [3.8, 4) is 5.75 Å². The Morgan fingerprint density at radius 2 is 2.23 bits per heavy atom. The predicted octanol–water partition coefficient (Wildman–Crippen LogP) is 1.75. The van der Waals surface area contributed by atoms with Crippen molar-refractivity contribution in [2.24, 2.45) is 5.92 Å². The van der Waals surface area contributed by atoms with Gasteiger partial charge in [-0.3, -0.25) is 4.79 Å². The minimum absolute atomic E-state index is 0. The zero-order chi connectivity index (χ0) is 15.1. The van der Waals surface area contributed by atoms with Crippen LogP contribution in [0.2, 0.25) is 0 Å². The van der Waals surface area contributed by atoms with E-state index in [2.05, 4.69) is 24.5 Å². The number of hydrogen-bond donors (Lipinski definition) is 2. The molecule has 2 rings (SSSR count). The van der Waals surface area contributed by atoms with Crippen LogP contribution < -0.4 is 15.4 Å². The largest absolute Gasteiger partial charge is 0.493 e. The lowest BCUT2D eigenvalue weighted by atomic mass is 10.2. The molecule has 0 aromatic heterocycles. The molecule has 22 heavy (non-hydrogen) atoms. The van der Waals surface area contributed by atoms with Crippen LogP contribution in [0.15, 0.2) is 24.3 Å². The molecule has 1 saturated heterocycles. The van der Waals surface area contributed by atoms with Crippen LogP contribution in [0.3, 0.4) is 0 Å². The monoisotopic (exact) mass is 328 g/mol. The van der Waals surface area contributed by atoms with Crippen molar-refractivity contribution in [2.45, 2.75) is 26.5 Å². The average Bonchev–Trinajstić information content (AvgIpc) is 2.52. The van der Waals surface area contributed by atoms with Crippen molar-refractivity contribution in [3.63, 3.8) is 0 Å². The molecular formula is C16H25ClN2O3. The van der Waals surface area contributed by atoms with Crippen LogP contribution in [-0.4, -0.2) is 38.3 Å². The van der Waals surface area contributed by atoms with Crippen LogP contribution in [0.25, 0.3) is 0 Å². The third kappa shape index (κ3) is 5.83. The standard InChI is InChI=1S/C16H24N2O3.ClH/c1-12(2)11-21-14-6-4-3-5-13(14)9-18-16(19)15-10-17-7-8-20-15;/h3-6,12,15,17H,7-11H2,1-2H3,(H,18,19);1H. The smallest absolute Gasteiger partial charge is 0.250 e. The van der Waals surface area contributed by atoms with Gasteiger partial charge in [-0.2, -0.15) is 0 Å². The van der Waals surface area contributed by atoms with Crippen LogP contribution in [0.4, 0.5) is 0 Å². The van der Waals surface area contributed by atoms with Gasteiger partial charge < -0.3 is 20.1 Å². The minimum Gasteiger partial charge on any atom is -0.493 e. The normalized spacial score (nSPS) is 17.7. The molecule has 0 radical (unpaired) electrons. The molecule has 1 amide bonds. The van der Waals surface area contributed by atoms with Crippen LogP contribution in [0, 0.1) is 5.92 Å². The lowest BCUT2D eigenvalue weighted by molar-refractivity contribution is -0.134. The second-order valence-corrected chi connectivity index (χ2v) is 5.59. The number of rotatable bonds is 6. The highest BCUT2D eigenvalue weighted by molar-refractivity contribution is 5.85. The number of morpholine rings is 1. The van der Waals surface area contributed by atoms with E-state index in [1.54, 1.807) is 0 Å². The molecule has 1 aromatic rings. The van der Waals surface area contributed by atoms with Crippen molar-refractivity contribution in [3.05, 3.63) is 29.8 Å². The number of carbonyl (C=O) groups excluding carboxylic acids is 1. The number of hydrogen-bond acceptors (Lipinski definition) is 4. The lowest BCUT2D eigenvalue weighted by Crippen LogP contribution is -2.47. The summed E-state index contributed by atoms with van der Waals surface area (Å²) in [5, 5.41) is 6.06. The van der Waals surface area contributed by atoms with Crippen molar-refractivity contribution >= 4 is 18.3 Å². The fourth-order valence-corrected chi connectivity index (χ4v) is 2.08. The Bertz CT molecular complexity index is 462. The van der Waals surface area contributed by atoms with Gasteiger partial charge in [-0.1, -0.05) is 32.0 Å². The Balaban J connectivity index is 0.00000242. The first-order valence-corrected chi connectivity index (χ1v) is 7.47. The van der Waals surface area contributed by atoms with E-state index in [9.17, 15) is 4.79 Å². The summed E-state index contributed by atoms with van der Waals surface area (Å²) in [6.45, 7) is 7.28. The minimum atomic E-state index is -0.400. The van der Waals surface area contributed by atoms with Gasteiger partial charge in [0.05, 0.1) is 13.2 Å². The summed E-state index contributed by atoms with van der Waals surface area (Å²) in [5.74, 6) is 1.21. The molecule has 5 nitrogen and oxygen atoms in total. The Morgan fingerprint density at radius 3 is 2.91 bits per heavy atom. The molecular weight excluding hydrogens is 304 g/mol. The molecule has 0 aliphatic carbocycles. The molecule has 0 spiro atoms. The summed E-state index contributed by atoms with van der Waals surface area (Å²) in [6, 6.07) is 7.79.